The average Bonchev–Trinajstić information content (AvgIpc) is 2.20. The van der Waals surface area contributed by atoms with Gasteiger partial charge in [-0.25, -0.2) is 0 Å². The van der Waals surface area contributed by atoms with Crippen molar-refractivity contribution >= 4 is 5.97 Å². The van der Waals surface area contributed by atoms with Crippen LogP contribution < -0.4 is 0 Å². The fraction of sp³-hybridized carbons (Fsp3) is 0.900. The second-order valence-corrected chi connectivity index (χ2v) is 3.69. The van der Waals surface area contributed by atoms with Gasteiger partial charge in [0, 0.05) is 19.3 Å². The van der Waals surface area contributed by atoms with E-state index in [0.29, 0.717) is 6.04 Å². The van der Waals surface area contributed by atoms with E-state index >= 15 is 0 Å². The molecule has 1 aliphatic heterocycles. The second-order valence-electron chi connectivity index (χ2n) is 3.69. The summed E-state index contributed by atoms with van der Waals surface area (Å²) in [5.41, 5.74) is 0. The Bertz CT molecular complexity index is 190. The Kier molecular flexibility index (Phi) is 4.35. The van der Waals surface area contributed by atoms with Crippen molar-refractivity contribution in [1.29, 1.82) is 0 Å². The van der Waals surface area contributed by atoms with Crippen LogP contribution in [0.3, 0.4) is 0 Å². The Morgan fingerprint density at radius 3 is 2.57 bits per heavy atom. The number of hydrogen-bond acceptors (Lipinski definition) is 3. The minimum Gasteiger partial charge on any atom is -0.480 e. The number of carboxylic acid groups (broad SMARTS) is 1. The molecule has 0 aromatic rings. The lowest BCUT2D eigenvalue weighted by atomic mass is 10.1. The van der Waals surface area contributed by atoms with Gasteiger partial charge in [0.1, 0.15) is 6.04 Å². The number of ether oxygens (including phenoxy) is 1. The van der Waals surface area contributed by atoms with E-state index in [0.717, 1.165) is 32.6 Å². The van der Waals surface area contributed by atoms with Gasteiger partial charge in [0.15, 0.2) is 0 Å². The first-order valence-corrected chi connectivity index (χ1v) is 5.23. The summed E-state index contributed by atoms with van der Waals surface area (Å²) in [5.74, 6) is -0.738. The number of nitrogens with zero attached hydrogens (tertiary/aromatic N) is 1. The summed E-state index contributed by atoms with van der Waals surface area (Å²) in [6, 6.07) is -0.0112. The van der Waals surface area contributed by atoms with Crippen LogP contribution in [0.5, 0.6) is 0 Å². The largest absolute Gasteiger partial charge is 0.480 e. The van der Waals surface area contributed by atoms with E-state index in [9.17, 15) is 4.79 Å². The fourth-order valence-electron chi connectivity index (χ4n) is 2.01. The third kappa shape index (κ3) is 2.69. The molecule has 1 unspecified atom stereocenters. The molecular formula is C10H19NO3. The van der Waals surface area contributed by atoms with E-state index in [4.69, 9.17) is 9.84 Å². The zero-order valence-corrected chi connectivity index (χ0v) is 8.90. The van der Waals surface area contributed by atoms with Crippen LogP contribution >= 0.6 is 0 Å². The summed E-state index contributed by atoms with van der Waals surface area (Å²) in [6.45, 7) is 6.06. The minimum atomic E-state index is -0.738. The Morgan fingerprint density at radius 2 is 2.14 bits per heavy atom. The Balaban J connectivity index is 2.55. The first kappa shape index (κ1) is 11.5. The molecular weight excluding hydrogens is 182 g/mol. The zero-order chi connectivity index (χ0) is 10.6. The molecule has 1 rings (SSSR count). The van der Waals surface area contributed by atoms with Crippen molar-refractivity contribution in [3.05, 3.63) is 0 Å². The summed E-state index contributed by atoms with van der Waals surface area (Å²) in [7, 11) is 0. The van der Waals surface area contributed by atoms with Crippen LogP contribution in [0.2, 0.25) is 0 Å². The van der Waals surface area contributed by atoms with Gasteiger partial charge in [-0.2, -0.15) is 0 Å². The van der Waals surface area contributed by atoms with Gasteiger partial charge in [-0.1, -0.05) is 6.92 Å². The highest BCUT2D eigenvalue weighted by molar-refractivity contribution is 5.72. The van der Waals surface area contributed by atoms with E-state index in [2.05, 4.69) is 0 Å². The molecule has 14 heavy (non-hydrogen) atoms. The third-order valence-corrected chi connectivity index (χ3v) is 2.88. The Hall–Kier alpha value is -0.610. The maximum Gasteiger partial charge on any atom is 0.320 e. The van der Waals surface area contributed by atoms with Crippen molar-refractivity contribution in [2.75, 3.05) is 19.8 Å². The van der Waals surface area contributed by atoms with E-state index in [1.165, 1.54) is 0 Å². The molecule has 0 aliphatic carbocycles. The number of rotatable bonds is 4. The van der Waals surface area contributed by atoms with Gasteiger partial charge in [-0.3, -0.25) is 9.69 Å². The van der Waals surface area contributed by atoms with Crippen LogP contribution in [0.1, 0.15) is 26.7 Å². The van der Waals surface area contributed by atoms with E-state index in [1.54, 1.807) is 6.92 Å². The van der Waals surface area contributed by atoms with Crippen LogP contribution in [-0.4, -0.2) is 47.8 Å². The normalized spacial score (nSPS) is 21.1. The number of carbonyl (C=O) groups is 1. The summed E-state index contributed by atoms with van der Waals surface area (Å²) < 4.78 is 5.26. The predicted octanol–water partition coefficient (Wildman–Crippen LogP) is 0.960. The molecule has 4 heteroatoms. The van der Waals surface area contributed by atoms with Gasteiger partial charge in [0.25, 0.3) is 0 Å². The van der Waals surface area contributed by atoms with Crippen molar-refractivity contribution < 1.29 is 14.6 Å². The first-order valence-electron chi connectivity index (χ1n) is 5.23. The molecule has 0 aromatic carbocycles. The van der Waals surface area contributed by atoms with Crippen molar-refractivity contribution in [2.45, 2.75) is 38.8 Å². The first-order chi connectivity index (χ1) is 6.66. The SMILES string of the molecule is CCN(C1CCOCC1)C(C)C(=O)O. The van der Waals surface area contributed by atoms with Crippen molar-refractivity contribution in [2.24, 2.45) is 0 Å². The van der Waals surface area contributed by atoms with Crippen LogP contribution in [-0.2, 0) is 9.53 Å². The molecule has 1 aliphatic rings. The smallest absolute Gasteiger partial charge is 0.320 e. The number of carboxylic acids is 1. The Morgan fingerprint density at radius 1 is 1.57 bits per heavy atom. The standard InChI is InChI=1S/C10H19NO3/c1-3-11(8(2)10(12)13)9-4-6-14-7-5-9/h8-9H,3-7H2,1-2H3,(H,12,13). The lowest BCUT2D eigenvalue weighted by molar-refractivity contribution is -0.144. The molecule has 4 nitrogen and oxygen atoms in total. The van der Waals surface area contributed by atoms with E-state index in [-0.39, 0.29) is 6.04 Å². The minimum absolute atomic E-state index is 0.375. The van der Waals surface area contributed by atoms with Gasteiger partial charge in [0.05, 0.1) is 0 Å². The molecule has 1 heterocycles. The predicted molar refractivity (Wildman–Crippen MR) is 53.3 cm³/mol. The fourth-order valence-corrected chi connectivity index (χ4v) is 2.01. The molecule has 0 radical (unpaired) electrons. The summed E-state index contributed by atoms with van der Waals surface area (Å²) in [6.07, 6.45) is 1.90. The quantitative estimate of drug-likeness (QED) is 0.736. The van der Waals surface area contributed by atoms with E-state index in [1.807, 2.05) is 11.8 Å². The van der Waals surface area contributed by atoms with Crippen molar-refractivity contribution in [3.63, 3.8) is 0 Å². The number of hydrogen-bond donors (Lipinski definition) is 1. The molecule has 1 saturated heterocycles. The van der Waals surface area contributed by atoms with Crippen LogP contribution in [0.4, 0.5) is 0 Å². The lowest BCUT2D eigenvalue weighted by Gasteiger charge is -2.35. The molecule has 0 bridgehead atoms. The average molecular weight is 201 g/mol. The van der Waals surface area contributed by atoms with Gasteiger partial charge in [-0.05, 0) is 26.3 Å². The topological polar surface area (TPSA) is 49.8 Å². The molecule has 0 saturated carbocycles. The Labute approximate surface area is 84.8 Å². The van der Waals surface area contributed by atoms with Crippen molar-refractivity contribution in [3.8, 4) is 0 Å². The molecule has 82 valence electrons. The zero-order valence-electron chi connectivity index (χ0n) is 8.90. The number of likely N-dealkylation sites (N-methyl/N-ethyl adjacent to an activating group) is 1. The molecule has 1 N–H and O–H groups in total. The maximum absolute atomic E-state index is 10.9. The summed E-state index contributed by atoms with van der Waals surface area (Å²) in [5, 5.41) is 8.94. The summed E-state index contributed by atoms with van der Waals surface area (Å²) in [4.78, 5) is 12.9. The second kappa shape index (κ2) is 5.32. The van der Waals surface area contributed by atoms with Gasteiger partial charge < -0.3 is 9.84 Å². The highest BCUT2D eigenvalue weighted by Gasteiger charge is 2.27. The van der Waals surface area contributed by atoms with Crippen LogP contribution in [0.15, 0.2) is 0 Å². The number of aliphatic carboxylic acids is 1. The lowest BCUT2D eigenvalue weighted by Crippen LogP contribution is -2.47. The maximum atomic E-state index is 10.9. The molecule has 0 spiro atoms. The molecule has 1 atom stereocenters. The third-order valence-electron chi connectivity index (χ3n) is 2.88. The van der Waals surface area contributed by atoms with Gasteiger partial charge >= 0.3 is 5.97 Å². The highest BCUT2D eigenvalue weighted by Crippen LogP contribution is 2.16. The summed E-state index contributed by atoms with van der Waals surface area (Å²) >= 11 is 0. The van der Waals surface area contributed by atoms with Crippen LogP contribution in [0.25, 0.3) is 0 Å². The highest BCUT2D eigenvalue weighted by atomic mass is 16.5. The molecule has 1 fully saturated rings. The van der Waals surface area contributed by atoms with E-state index < -0.39 is 5.97 Å². The van der Waals surface area contributed by atoms with Crippen LogP contribution in [0, 0.1) is 0 Å². The van der Waals surface area contributed by atoms with Gasteiger partial charge in [0.2, 0.25) is 0 Å². The monoisotopic (exact) mass is 201 g/mol. The molecule has 0 aromatic heterocycles. The van der Waals surface area contributed by atoms with Crippen molar-refractivity contribution in [1.82, 2.24) is 4.90 Å². The molecule has 0 amide bonds. The van der Waals surface area contributed by atoms with Gasteiger partial charge in [-0.15, -0.1) is 0 Å².